The summed E-state index contributed by atoms with van der Waals surface area (Å²) in [5.74, 6) is -0.448. The molecule has 3 N–H and O–H groups in total. The first-order chi connectivity index (χ1) is 15.4. The summed E-state index contributed by atoms with van der Waals surface area (Å²) in [4.78, 5) is 30.8. The molecule has 0 aliphatic heterocycles. The van der Waals surface area contributed by atoms with Gasteiger partial charge in [-0.1, -0.05) is 71.0 Å². The summed E-state index contributed by atoms with van der Waals surface area (Å²) in [5.41, 5.74) is 12.1. The Bertz CT molecular complexity index is 1260. The molecule has 1 atom stereocenters. The van der Waals surface area contributed by atoms with Gasteiger partial charge in [0.05, 0.1) is 5.69 Å². The van der Waals surface area contributed by atoms with Crippen LogP contribution in [-0.4, -0.2) is 16.9 Å². The van der Waals surface area contributed by atoms with Gasteiger partial charge in [0.15, 0.2) is 5.69 Å². The first kappa shape index (κ1) is 21.7. The molecule has 0 aliphatic rings. The average Bonchev–Trinajstić information content (AvgIpc) is 3.29. The number of nitrogens with zero attached hydrogens (tertiary/aromatic N) is 2. The van der Waals surface area contributed by atoms with Crippen molar-refractivity contribution in [1.82, 2.24) is 15.0 Å². The molecule has 0 aliphatic carbocycles. The lowest BCUT2D eigenvalue weighted by molar-refractivity contribution is 0.0881. The standard InChI is InChI=1S/C24H19ClN4O2S/c1-16-7-9-18(10-8-16)22(30)28-29(23(26)31,20-5-3-2-4-6-20)24-27-21(15-32-24)17-11-13-19(25)14-12-17/h2-15H,1H3,(H2-,26,28,30,31)/p+1. The van der Waals surface area contributed by atoms with Gasteiger partial charge >= 0.3 is 11.2 Å². The van der Waals surface area contributed by atoms with Crippen LogP contribution in [0.1, 0.15) is 15.9 Å². The highest BCUT2D eigenvalue weighted by atomic mass is 35.5. The molecule has 1 unspecified atom stereocenters. The number of hydrogen-bond acceptors (Lipinski definition) is 4. The molecule has 0 saturated heterocycles. The lowest BCUT2D eigenvalue weighted by Crippen LogP contribution is -2.63. The molecule has 8 heteroatoms. The van der Waals surface area contributed by atoms with Crippen molar-refractivity contribution in [2.24, 2.45) is 5.73 Å². The van der Waals surface area contributed by atoms with Crippen LogP contribution < -0.4 is 15.8 Å². The van der Waals surface area contributed by atoms with Crippen LogP contribution in [0.2, 0.25) is 5.02 Å². The Morgan fingerprint density at radius 3 is 2.25 bits per heavy atom. The topological polar surface area (TPSA) is 85.1 Å². The van der Waals surface area contributed by atoms with Crippen molar-refractivity contribution >= 4 is 45.7 Å². The molecule has 1 aromatic heterocycles. The largest absolute Gasteiger partial charge is 0.451 e. The zero-order valence-corrected chi connectivity index (χ0v) is 18.7. The highest BCUT2D eigenvalue weighted by Crippen LogP contribution is 2.37. The minimum Gasteiger partial charge on any atom is -0.316 e. The predicted octanol–water partition coefficient (Wildman–Crippen LogP) is 5.83. The zero-order chi connectivity index (χ0) is 22.7. The van der Waals surface area contributed by atoms with Crippen LogP contribution in [0.25, 0.3) is 11.3 Å². The number of aryl methyl sites for hydroxylation is 1. The van der Waals surface area contributed by atoms with Crippen molar-refractivity contribution < 1.29 is 9.59 Å². The number of hydrogen-bond donors (Lipinski definition) is 2. The molecular weight excluding hydrogens is 444 g/mol. The first-order valence-electron chi connectivity index (χ1n) is 9.76. The number of rotatable bonds is 4. The van der Waals surface area contributed by atoms with E-state index in [0.29, 0.717) is 27.1 Å². The Balaban J connectivity index is 1.82. The summed E-state index contributed by atoms with van der Waals surface area (Å²) in [7, 11) is 0. The molecule has 0 fully saturated rings. The van der Waals surface area contributed by atoms with Crippen LogP contribution in [-0.2, 0) is 0 Å². The number of nitrogens with one attached hydrogen (secondary N) is 1. The van der Waals surface area contributed by atoms with Gasteiger partial charge in [-0.15, -0.1) is 0 Å². The summed E-state index contributed by atoms with van der Waals surface area (Å²) < 4.78 is -0.744. The number of carbonyl (C=O) groups is 2. The number of amides is 3. The number of urea groups is 1. The lowest BCUT2D eigenvalue weighted by atomic mass is 10.1. The third-order valence-corrected chi connectivity index (χ3v) is 6.15. The number of thiazole rings is 1. The van der Waals surface area contributed by atoms with E-state index in [1.807, 2.05) is 42.6 Å². The second kappa shape index (κ2) is 8.92. The van der Waals surface area contributed by atoms with Gasteiger partial charge in [0, 0.05) is 33.7 Å². The molecule has 3 amide bonds. The molecule has 0 saturated carbocycles. The SMILES string of the molecule is Cc1ccc(C(=O)N[N+](C(N)=O)(c2ccccc2)c2nc(-c3ccc(Cl)cc3)cs2)cc1. The summed E-state index contributed by atoms with van der Waals surface area (Å²) in [6.45, 7) is 1.93. The van der Waals surface area contributed by atoms with Gasteiger partial charge in [-0.05, 0) is 35.8 Å². The summed E-state index contributed by atoms with van der Waals surface area (Å²) in [6, 6.07) is 22.3. The van der Waals surface area contributed by atoms with Crippen LogP contribution >= 0.6 is 22.9 Å². The van der Waals surface area contributed by atoms with Crippen LogP contribution in [0.15, 0.2) is 84.2 Å². The van der Waals surface area contributed by atoms with Crippen LogP contribution in [0.3, 0.4) is 0 Å². The number of benzene rings is 3. The van der Waals surface area contributed by atoms with Crippen molar-refractivity contribution in [2.45, 2.75) is 6.92 Å². The number of para-hydroxylation sites is 1. The summed E-state index contributed by atoms with van der Waals surface area (Å²) in [5, 5.41) is 2.74. The van der Waals surface area contributed by atoms with Crippen LogP contribution in [0, 0.1) is 6.92 Å². The fraction of sp³-hybridized carbons (Fsp3) is 0.0417. The Kier molecular flexibility index (Phi) is 6.05. The molecular formula is C24H20ClN4O2S+. The Labute approximate surface area is 194 Å². The second-order valence-electron chi connectivity index (χ2n) is 7.17. The molecule has 160 valence electrons. The third-order valence-electron chi connectivity index (χ3n) is 4.98. The average molecular weight is 464 g/mol. The van der Waals surface area contributed by atoms with Crippen LogP contribution in [0.5, 0.6) is 0 Å². The lowest BCUT2D eigenvalue weighted by Gasteiger charge is -2.29. The van der Waals surface area contributed by atoms with E-state index in [1.165, 1.54) is 11.3 Å². The van der Waals surface area contributed by atoms with Crippen molar-refractivity contribution in [3.63, 3.8) is 0 Å². The maximum Gasteiger partial charge on any atom is 0.451 e. The number of aromatic nitrogens is 1. The quantitative estimate of drug-likeness (QED) is 0.294. The second-order valence-corrected chi connectivity index (χ2v) is 8.45. The monoisotopic (exact) mass is 463 g/mol. The van der Waals surface area contributed by atoms with E-state index in [9.17, 15) is 9.59 Å². The molecule has 3 aromatic carbocycles. The minimum absolute atomic E-state index is 0.314. The van der Waals surface area contributed by atoms with E-state index in [0.717, 1.165) is 11.1 Å². The maximum absolute atomic E-state index is 13.2. The molecule has 6 nitrogen and oxygen atoms in total. The number of carbonyl (C=O) groups excluding carboxylic acids is 2. The van der Waals surface area contributed by atoms with Gasteiger partial charge in [-0.3, -0.25) is 4.79 Å². The maximum atomic E-state index is 13.2. The van der Waals surface area contributed by atoms with Gasteiger partial charge in [-0.25, -0.2) is 4.79 Å². The minimum atomic E-state index is -0.784. The molecule has 4 aromatic rings. The van der Waals surface area contributed by atoms with E-state index in [1.54, 1.807) is 48.5 Å². The van der Waals surface area contributed by atoms with Crippen molar-refractivity contribution in [2.75, 3.05) is 0 Å². The van der Waals surface area contributed by atoms with E-state index in [4.69, 9.17) is 17.3 Å². The molecule has 1 heterocycles. The van der Waals surface area contributed by atoms with Gasteiger partial charge in [0.25, 0.3) is 5.91 Å². The fourth-order valence-electron chi connectivity index (χ4n) is 3.24. The smallest absolute Gasteiger partial charge is 0.316 e. The molecule has 0 radical (unpaired) electrons. The number of primary amides is 1. The third kappa shape index (κ3) is 4.13. The van der Waals surface area contributed by atoms with E-state index in [-0.39, 0.29) is 0 Å². The van der Waals surface area contributed by atoms with E-state index in [2.05, 4.69) is 10.4 Å². The summed E-state index contributed by atoms with van der Waals surface area (Å²) in [6.07, 6.45) is 0. The van der Waals surface area contributed by atoms with Gasteiger partial charge in [0.1, 0.15) is 0 Å². The fourth-order valence-corrected chi connectivity index (χ4v) is 4.33. The molecule has 0 bridgehead atoms. The van der Waals surface area contributed by atoms with E-state index >= 15 is 0 Å². The Morgan fingerprint density at radius 1 is 0.969 bits per heavy atom. The van der Waals surface area contributed by atoms with Crippen molar-refractivity contribution in [1.29, 1.82) is 0 Å². The normalized spacial score (nSPS) is 12.7. The highest BCUT2D eigenvalue weighted by Gasteiger charge is 2.46. The highest BCUT2D eigenvalue weighted by molar-refractivity contribution is 7.14. The van der Waals surface area contributed by atoms with Gasteiger partial charge < -0.3 is 5.73 Å². The molecule has 0 spiro atoms. The number of quaternary nitrogens is 1. The molecule has 32 heavy (non-hydrogen) atoms. The summed E-state index contributed by atoms with van der Waals surface area (Å²) >= 11 is 7.23. The van der Waals surface area contributed by atoms with Gasteiger partial charge in [-0.2, -0.15) is 10.4 Å². The van der Waals surface area contributed by atoms with Crippen LogP contribution in [0.4, 0.5) is 15.6 Å². The Morgan fingerprint density at radius 2 is 1.62 bits per heavy atom. The number of nitrogens with two attached hydrogens (primary N) is 1. The van der Waals surface area contributed by atoms with Crippen molar-refractivity contribution in [3.8, 4) is 11.3 Å². The molecule has 4 rings (SSSR count). The zero-order valence-electron chi connectivity index (χ0n) is 17.2. The first-order valence-corrected chi connectivity index (χ1v) is 11.0. The van der Waals surface area contributed by atoms with Crippen molar-refractivity contribution in [3.05, 3.63) is 100 Å². The predicted molar refractivity (Wildman–Crippen MR) is 129 cm³/mol. The number of halogens is 1. The Hall–Kier alpha value is -3.52. The van der Waals surface area contributed by atoms with E-state index < -0.39 is 16.5 Å². The van der Waals surface area contributed by atoms with Gasteiger partial charge in [0.2, 0.25) is 0 Å².